The van der Waals surface area contributed by atoms with Crippen LogP contribution in [0.3, 0.4) is 0 Å². The number of fused-ring (bicyclic) bond motifs is 1. The van der Waals surface area contributed by atoms with Crippen LogP contribution in [0.1, 0.15) is 12.5 Å². The van der Waals surface area contributed by atoms with Crippen LogP contribution in [0, 0.1) is 11.3 Å². The summed E-state index contributed by atoms with van der Waals surface area (Å²) in [6.45, 7) is 2.25. The van der Waals surface area contributed by atoms with E-state index in [2.05, 4.69) is 21.6 Å². The number of nitrogens with zero attached hydrogens (tertiary/aromatic N) is 3. The zero-order chi connectivity index (χ0) is 19.1. The summed E-state index contributed by atoms with van der Waals surface area (Å²) >= 11 is 1.56. The summed E-state index contributed by atoms with van der Waals surface area (Å²) in [5.74, 6) is 0.561. The summed E-state index contributed by atoms with van der Waals surface area (Å²) in [4.78, 5) is 0. The fourth-order valence-corrected chi connectivity index (χ4v) is 3.33. The number of rotatable bonds is 4. The molecule has 136 valence electrons. The molecule has 4 rings (SSSR count). The van der Waals surface area contributed by atoms with E-state index in [-0.39, 0.29) is 6.10 Å². The van der Waals surface area contributed by atoms with Gasteiger partial charge in [-0.25, -0.2) is 0 Å². The summed E-state index contributed by atoms with van der Waals surface area (Å²) in [5, 5.41) is 31.7. The molecule has 0 bridgehead atoms. The number of nitriles is 1. The van der Waals surface area contributed by atoms with Crippen molar-refractivity contribution < 1.29 is 9.52 Å². The van der Waals surface area contributed by atoms with Gasteiger partial charge in [0.05, 0.1) is 16.4 Å². The van der Waals surface area contributed by atoms with Crippen LogP contribution in [0.25, 0.3) is 21.5 Å². The van der Waals surface area contributed by atoms with Crippen molar-refractivity contribution in [2.24, 2.45) is 0 Å². The Morgan fingerprint density at radius 1 is 1.22 bits per heavy atom. The fourth-order valence-electron chi connectivity index (χ4n) is 2.44. The van der Waals surface area contributed by atoms with E-state index in [1.807, 2.05) is 53.9 Å². The average Bonchev–Trinajstić information content (AvgIpc) is 3.39. The first-order chi connectivity index (χ1) is 13.2. The Kier molecular flexibility index (Phi) is 6.15. The number of aliphatic hydroxyl groups excluding tert-OH is 1. The first-order valence-corrected chi connectivity index (χ1v) is 9.21. The SMILES string of the molecule is CC(O)CNc1ccc(C#N)c2sccc12.c1ccc(-c2nnco2)cc1. The van der Waals surface area contributed by atoms with Gasteiger partial charge in [0.1, 0.15) is 6.07 Å². The molecule has 0 saturated heterocycles. The largest absolute Gasteiger partial charge is 0.423 e. The number of nitrogens with one attached hydrogen (secondary N) is 1. The highest BCUT2D eigenvalue weighted by Gasteiger charge is 2.07. The number of hydrogen-bond acceptors (Lipinski definition) is 7. The standard InChI is InChI=1S/C12H12N2OS.C8H6N2O/c1-8(15)7-14-11-3-2-9(6-13)12-10(11)4-5-16-12;1-2-4-7(5-3-1)8-10-9-6-11-8/h2-5,8,14-15H,7H2,1H3;1-6H. The lowest BCUT2D eigenvalue weighted by Crippen LogP contribution is -2.15. The van der Waals surface area contributed by atoms with Gasteiger partial charge >= 0.3 is 0 Å². The topological polar surface area (TPSA) is 95.0 Å². The third kappa shape index (κ3) is 4.70. The third-order valence-corrected chi connectivity index (χ3v) is 4.65. The number of anilines is 1. The molecule has 0 saturated carbocycles. The van der Waals surface area contributed by atoms with Crippen molar-refractivity contribution in [3.63, 3.8) is 0 Å². The Bertz CT molecular complexity index is 1020. The number of aliphatic hydroxyl groups is 1. The minimum atomic E-state index is -0.385. The maximum absolute atomic E-state index is 9.22. The molecular formula is C20H18N4O2S. The van der Waals surface area contributed by atoms with Crippen LogP contribution in [-0.4, -0.2) is 28.0 Å². The van der Waals surface area contributed by atoms with Gasteiger partial charge in [-0.3, -0.25) is 0 Å². The molecule has 2 heterocycles. The lowest BCUT2D eigenvalue weighted by molar-refractivity contribution is 0.208. The smallest absolute Gasteiger partial charge is 0.247 e. The first kappa shape index (κ1) is 18.6. The highest BCUT2D eigenvalue weighted by Crippen LogP contribution is 2.30. The molecule has 0 spiro atoms. The molecule has 0 radical (unpaired) electrons. The van der Waals surface area contributed by atoms with Gasteiger partial charge in [0.15, 0.2) is 0 Å². The number of thiophene rings is 1. The molecule has 0 aliphatic carbocycles. The second-order valence-corrected chi connectivity index (χ2v) is 6.69. The van der Waals surface area contributed by atoms with Crippen molar-refractivity contribution in [2.75, 3.05) is 11.9 Å². The predicted molar refractivity (Wildman–Crippen MR) is 106 cm³/mol. The van der Waals surface area contributed by atoms with Crippen LogP contribution in [-0.2, 0) is 0 Å². The molecule has 6 nitrogen and oxygen atoms in total. The van der Waals surface area contributed by atoms with E-state index < -0.39 is 0 Å². The summed E-state index contributed by atoms with van der Waals surface area (Å²) in [6, 6.07) is 17.5. The second kappa shape index (κ2) is 8.94. The Balaban J connectivity index is 0.000000166. The van der Waals surface area contributed by atoms with E-state index in [4.69, 9.17) is 9.68 Å². The molecule has 0 amide bonds. The number of benzene rings is 2. The molecule has 27 heavy (non-hydrogen) atoms. The maximum atomic E-state index is 9.22. The van der Waals surface area contributed by atoms with Gasteiger partial charge < -0.3 is 14.8 Å². The average molecular weight is 378 g/mol. The Labute approximate surface area is 160 Å². The van der Waals surface area contributed by atoms with Gasteiger partial charge in [-0.2, -0.15) is 5.26 Å². The van der Waals surface area contributed by atoms with Crippen molar-refractivity contribution in [2.45, 2.75) is 13.0 Å². The number of hydrogen-bond donors (Lipinski definition) is 2. The molecule has 7 heteroatoms. The molecule has 0 aliphatic rings. The van der Waals surface area contributed by atoms with Gasteiger partial charge in [-0.15, -0.1) is 21.5 Å². The Morgan fingerprint density at radius 3 is 2.70 bits per heavy atom. The van der Waals surface area contributed by atoms with Crippen LogP contribution < -0.4 is 5.32 Å². The highest BCUT2D eigenvalue weighted by atomic mass is 32.1. The Hall–Kier alpha value is -3.21. The van der Waals surface area contributed by atoms with E-state index >= 15 is 0 Å². The summed E-state index contributed by atoms with van der Waals surface area (Å²) in [5.41, 5.74) is 2.62. The zero-order valence-electron chi connectivity index (χ0n) is 14.7. The zero-order valence-corrected chi connectivity index (χ0v) is 15.5. The second-order valence-electron chi connectivity index (χ2n) is 5.78. The van der Waals surface area contributed by atoms with E-state index in [1.165, 1.54) is 6.39 Å². The molecule has 4 aromatic rings. The van der Waals surface area contributed by atoms with Crippen molar-refractivity contribution in [1.82, 2.24) is 10.2 Å². The molecule has 2 N–H and O–H groups in total. The first-order valence-electron chi connectivity index (χ1n) is 8.33. The van der Waals surface area contributed by atoms with Crippen LogP contribution >= 0.6 is 11.3 Å². The summed E-state index contributed by atoms with van der Waals surface area (Å²) < 4.78 is 6.00. The quantitative estimate of drug-likeness (QED) is 0.550. The molecule has 0 aliphatic heterocycles. The van der Waals surface area contributed by atoms with Crippen LogP contribution in [0.4, 0.5) is 5.69 Å². The van der Waals surface area contributed by atoms with Gasteiger partial charge in [0.25, 0.3) is 0 Å². The highest BCUT2D eigenvalue weighted by molar-refractivity contribution is 7.17. The van der Waals surface area contributed by atoms with Crippen molar-refractivity contribution in [3.05, 3.63) is 65.9 Å². The summed E-state index contributed by atoms with van der Waals surface area (Å²) in [7, 11) is 0. The van der Waals surface area contributed by atoms with Crippen molar-refractivity contribution in [1.29, 1.82) is 5.26 Å². The molecule has 0 fully saturated rings. The van der Waals surface area contributed by atoms with E-state index in [1.54, 1.807) is 18.3 Å². The van der Waals surface area contributed by atoms with Crippen LogP contribution in [0.15, 0.2) is 64.7 Å². The molecule has 1 atom stereocenters. The maximum Gasteiger partial charge on any atom is 0.247 e. The van der Waals surface area contributed by atoms with E-state index in [0.717, 1.165) is 21.3 Å². The molecule has 1 unspecified atom stereocenters. The normalized spacial score (nSPS) is 11.3. The lowest BCUT2D eigenvalue weighted by Gasteiger charge is -2.09. The molecule has 2 aromatic heterocycles. The third-order valence-electron chi connectivity index (χ3n) is 3.71. The van der Waals surface area contributed by atoms with Crippen molar-refractivity contribution >= 4 is 27.1 Å². The fraction of sp³-hybridized carbons (Fsp3) is 0.150. The minimum absolute atomic E-state index is 0.385. The van der Waals surface area contributed by atoms with Crippen LogP contribution in [0.2, 0.25) is 0 Å². The van der Waals surface area contributed by atoms with Gasteiger partial charge in [0, 0.05) is 23.2 Å². The van der Waals surface area contributed by atoms with E-state index in [9.17, 15) is 5.11 Å². The van der Waals surface area contributed by atoms with Crippen LogP contribution in [0.5, 0.6) is 0 Å². The predicted octanol–water partition coefficient (Wildman–Crippen LogP) is 4.30. The number of aromatic nitrogens is 2. The van der Waals surface area contributed by atoms with Gasteiger partial charge in [-0.1, -0.05) is 18.2 Å². The van der Waals surface area contributed by atoms with Gasteiger partial charge in [-0.05, 0) is 42.6 Å². The van der Waals surface area contributed by atoms with Crippen molar-refractivity contribution in [3.8, 4) is 17.5 Å². The van der Waals surface area contributed by atoms with E-state index in [0.29, 0.717) is 18.0 Å². The van der Waals surface area contributed by atoms with Gasteiger partial charge in [0.2, 0.25) is 12.3 Å². The molecular weight excluding hydrogens is 360 g/mol. The monoisotopic (exact) mass is 378 g/mol. The molecule has 2 aromatic carbocycles. The minimum Gasteiger partial charge on any atom is -0.423 e. The summed E-state index contributed by atoms with van der Waals surface area (Å²) in [6.07, 6.45) is 0.937. The Morgan fingerprint density at radius 2 is 2.04 bits per heavy atom. The lowest BCUT2D eigenvalue weighted by atomic mass is 10.1.